The van der Waals surface area contributed by atoms with Gasteiger partial charge in [0.1, 0.15) is 0 Å². The topological polar surface area (TPSA) is 41.6 Å². The fraction of sp³-hybridized carbons (Fsp3) is 0.588. The highest BCUT2D eigenvalue weighted by molar-refractivity contribution is 6.55. The number of hydrogen-bond donors (Lipinski definition) is 1. The Morgan fingerprint density at radius 3 is 2.36 bits per heavy atom. The summed E-state index contributed by atoms with van der Waals surface area (Å²) in [5.41, 5.74) is 0.819. The molecule has 1 aromatic rings. The summed E-state index contributed by atoms with van der Waals surface area (Å²) in [4.78, 5) is 14.0. The largest absolute Gasteiger partial charge is 0.414 e. The highest BCUT2D eigenvalue weighted by atomic mass is 28.3. The van der Waals surface area contributed by atoms with Gasteiger partial charge in [-0.1, -0.05) is 45.9 Å². The number of carbonyl (C=O) groups excluding carboxylic acids is 1. The molecule has 123 valence electrons. The Morgan fingerprint density at radius 1 is 1.23 bits per heavy atom. The summed E-state index contributed by atoms with van der Waals surface area (Å²) in [5.74, 6) is 0. The number of amides is 2. The highest BCUT2D eigenvalue weighted by Gasteiger charge is 2.27. The van der Waals surface area contributed by atoms with Gasteiger partial charge in [0.15, 0.2) is 0 Å². The van der Waals surface area contributed by atoms with Crippen molar-refractivity contribution in [3.8, 4) is 0 Å². The van der Waals surface area contributed by atoms with Crippen LogP contribution in [-0.4, -0.2) is 39.7 Å². The number of anilines is 1. The summed E-state index contributed by atoms with van der Waals surface area (Å²) in [6.45, 7) is 12.7. The van der Waals surface area contributed by atoms with Crippen molar-refractivity contribution in [3.63, 3.8) is 0 Å². The number of nitrogens with zero attached hydrogens (tertiary/aromatic N) is 1. The maximum atomic E-state index is 12.3. The second kappa shape index (κ2) is 8.95. The molecule has 1 rings (SSSR count). The molecule has 0 unspecified atom stereocenters. The molecule has 0 heterocycles. The van der Waals surface area contributed by atoms with Crippen LogP contribution in [0.3, 0.4) is 0 Å². The molecular weight excluding hydrogens is 292 g/mol. The van der Waals surface area contributed by atoms with E-state index in [0.717, 1.165) is 11.7 Å². The number of nitrogens with one attached hydrogen (secondary N) is 1. The quantitative estimate of drug-likeness (QED) is 0.758. The molecule has 22 heavy (non-hydrogen) atoms. The number of likely N-dealkylation sites (N-methyl/N-ethyl adjacent to an activating group) is 1. The van der Waals surface area contributed by atoms with Crippen molar-refractivity contribution < 1.29 is 9.22 Å². The predicted molar refractivity (Wildman–Crippen MR) is 94.6 cm³/mol. The summed E-state index contributed by atoms with van der Waals surface area (Å²) in [7, 11) is -0.845. The summed E-state index contributed by atoms with van der Waals surface area (Å²) < 4.78 is 6.07. The molecule has 0 bridgehead atoms. The minimum absolute atomic E-state index is 0.0710. The molecule has 0 spiro atoms. The van der Waals surface area contributed by atoms with Crippen molar-refractivity contribution in [2.45, 2.75) is 45.7 Å². The summed E-state index contributed by atoms with van der Waals surface area (Å²) >= 11 is 0. The van der Waals surface area contributed by atoms with E-state index in [1.54, 1.807) is 4.90 Å². The molecule has 0 aliphatic rings. The van der Waals surface area contributed by atoms with Gasteiger partial charge in [0.25, 0.3) is 0 Å². The van der Waals surface area contributed by atoms with Gasteiger partial charge in [0.2, 0.25) is 9.04 Å². The van der Waals surface area contributed by atoms with Gasteiger partial charge in [-0.3, -0.25) is 0 Å². The van der Waals surface area contributed by atoms with E-state index >= 15 is 0 Å². The average molecular weight is 322 g/mol. The van der Waals surface area contributed by atoms with E-state index in [-0.39, 0.29) is 11.1 Å². The van der Waals surface area contributed by atoms with Crippen LogP contribution in [0, 0.1) is 0 Å². The molecular formula is C17H29N2O2Si. The number of benzene rings is 1. The Balaban J connectivity index is 2.46. The first-order valence-corrected chi connectivity index (χ1v) is 9.60. The molecule has 2 amide bonds. The van der Waals surface area contributed by atoms with E-state index in [2.05, 4.69) is 33.0 Å². The molecule has 1 radical (unpaired) electrons. The standard InChI is InChI=1S/C17H29N2O2Si/c1-6-19(13-14-21-22(7-2)17(3,4)5)16(20)18-15-11-9-8-10-12-15/h8-12H,6-7,13-14H2,1-5H3,(H,18,20). The third kappa shape index (κ3) is 6.20. The Kier molecular flexibility index (Phi) is 7.62. The van der Waals surface area contributed by atoms with E-state index in [1.165, 1.54) is 0 Å². The zero-order chi connectivity index (χ0) is 16.6. The molecule has 0 saturated carbocycles. The summed E-state index contributed by atoms with van der Waals surface area (Å²) in [5, 5.41) is 3.14. The van der Waals surface area contributed by atoms with Gasteiger partial charge in [-0.25, -0.2) is 4.79 Å². The molecule has 0 aliphatic carbocycles. The normalized spacial score (nSPS) is 11.5. The van der Waals surface area contributed by atoms with Gasteiger partial charge in [0.05, 0.1) is 6.61 Å². The lowest BCUT2D eigenvalue weighted by atomic mass is 10.2. The lowest BCUT2D eigenvalue weighted by Crippen LogP contribution is -2.39. The third-order valence-corrected chi connectivity index (χ3v) is 6.36. The molecule has 0 aromatic heterocycles. The predicted octanol–water partition coefficient (Wildman–Crippen LogP) is 4.37. The van der Waals surface area contributed by atoms with Crippen LogP contribution in [0.2, 0.25) is 11.1 Å². The smallest absolute Gasteiger partial charge is 0.321 e. The van der Waals surface area contributed by atoms with Crippen LogP contribution in [0.4, 0.5) is 10.5 Å². The number of urea groups is 1. The molecule has 5 heteroatoms. The third-order valence-electron chi connectivity index (χ3n) is 3.49. The monoisotopic (exact) mass is 321 g/mol. The number of hydrogen-bond acceptors (Lipinski definition) is 2. The first kappa shape index (κ1) is 18.7. The Bertz CT molecular complexity index is 446. The zero-order valence-corrected chi connectivity index (χ0v) is 15.5. The Morgan fingerprint density at radius 2 is 1.86 bits per heavy atom. The molecule has 1 aromatic carbocycles. The van der Waals surface area contributed by atoms with Gasteiger partial charge in [-0.05, 0) is 30.1 Å². The lowest BCUT2D eigenvalue weighted by Gasteiger charge is -2.28. The molecule has 0 aliphatic heterocycles. The first-order chi connectivity index (χ1) is 10.4. The molecule has 1 N–H and O–H groups in total. The van der Waals surface area contributed by atoms with Crippen molar-refractivity contribution in [1.29, 1.82) is 0 Å². The van der Waals surface area contributed by atoms with Gasteiger partial charge in [-0.2, -0.15) is 0 Å². The van der Waals surface area contributed by atoms with Crippen LogP contribution < -0.4 is 5.32 Å². The van der Waals surface area contributed by atoms with E-state index in [1.807, 2.05) is 37.3 Å². The Labute approximate surface area is 136 Å². The van der Waals surface area contributed by atoms with Crippen molar-refractivity contribution in [2.24, 2.45) is 0 Å². The van der Waals surface area contributed by atoms with Gasteiger partial charge < -0.3 is 14.6 Å². The fourth-order valence-corrected chi connectivity index (χ4v) is 4.29. The molecule has 4 nitrogen and oxygen atoms in total. The van der Waals surface area contributed by atoms with Crippen LogP contribution in [-0.2, 0) is 4.43 Å². The number of para-hydroxylation sites is 1. The average Bonchev–Trinajstić information content (AvgIpc) is 2.47. The highest BCUT2D eigenvalue weighted by Crippen LogP contribution is 2.29. The Hall–Kier alpha value is -1.33. The van der Waals surface area contributed by atoms with E-state index in [0.29, 0.717) is 19.7 Å². The van der Waals surface area contributed by atoms with E-state index in [9.17, 15) is 4.79 Å². The van der Waals surface area contributed by atoms with Crippen molar-refractivity contribution in [1.82, 2.24) is 4.90 Å². The second-order valence-electron chi connectivity index (χ2n) is 6.25. The lowest BCUT2D eigenvalue weighted by molar-refractivity contribution is 0.195. The maximum absolute atomic E-state index is 12.3. The van der Waals surface area contributed by atoms with Crippen LogP contribution >= 0.6 is 0 Å². The van der Waals surface area contributed by atoms with Crippen LogP contribution in [0.1, 0.15) is 34.6 Å². The fourth-order valence-electron chi connectivity index (χ4n) is 2.26. The summed E-state index contributed by atoms with van der Waals surface area (Å²) in [6.07, 6.45) is 0. The minimum Gasteiger partial charge on any atom is -0.414 e. The minimum atomic E-state index is -0.845. The SMILES string of the molecule is CCN(CCO[Si](CC)C(C)(C)C)C(=O)Nc1ccccc1. The number of carbonyl (C=O) groups is 1. The molecule has 0 atom stereocenters. The molecule has 0 saturated heterocycles. The molecule has 0 fully saturated rings. The summed E-state index contributed by atoms with van der Waals surface area (Å²) in [6, 6.07) is 10.5. The van der Waals surface area contributed by atoms with Crippen molar-refractivity contribution in [2.75, 3.05) is 25.0 Å². The second-order valence-corrected chi connectivity index (χ2v) is 9.59. The number of rotatable bonds is 7. The van der Waals surface area contributed by atoms with Gasteiger partial charge in [0, 0.05) is 18.8 Å². The van der Waals surface area contributed by atoms with Crippen molar-refractivity contribution >= 4 is 20.8 Å². The van der Waals surface area contributed by atoms with Crippen molar-refractivity contribution in [3.05, 3.63) is 30.3 Å². The van der Waals surface area contributed by atoms with E-state index < -0.39 is 9.04 Å². The zero-order valence-electron chi connectivity index (χ0n) is 14.5. The van der Waals surface area contributed by atoms with Crippen LogP contribution in [0.25, 0.3) is 0 Å². The first-order valence-electron chi connectivity index (χ1n) is 7.98. The van der Waals surface area contributed by atoms with Crippen LogP contribution in [0.15, 0.2) is 30.3 Å². The van der Waals surface area contributed by atoms with Crippen LogP contribution in [0.5, 0.6) is 0 Å². The van der Waals surface area contributed by atoms with Gasteiger partial charge >= 0.3 is 6.03 Å². The maximum Gasteiger partial charge on any atom is 0.321 e. The van der Waals surface area contributed by atoms with Gasteiger partial charge in [-0.15, -0.1) is 0 Å². The van der Waals surface area contributed by atoms with E-state index in [4.69, 9.17) is 4.43 Å².